The minimum Gasteiger partial charge on any atom is -0.393 e. The predicted octanol–water partition coefficient (Wildman–Crippen LogP) is 7.89. The Morgan fingerprint density at radius 3 is 2.24 bits per heavy atom. The normalized spacial score (nSPS) is 47.7. The van der Waals surface area contributed by atoms with E-state index in [4.69, 9.17) is 0 Å². The van der Waals surface area contributed by atoms with Gasteiger partial charge in [-0.15, -0.1) is 12.4 Å². The van der Waals surface area contributed by atoms with Gasteiger partial charge in [0.1, 0.15) is 0 Å². The van der Waals surface area contributed by atoms with Gasteiger partial charge in [-0.05, 0) is 110 Å². The average Bonchev–Trinajstić information content (AvgIpc) is 2.99. The molecule has 4 saturated carbocycles. The highest BCUT2D eigenvalue weighted by Gasteiger charge is 2.60. The quantitative estimate of drug-likeness (QED) is 0.475. The van der Waals surface area contributed by atoms with Crippen molar-refractivity contribution >= 4 is 12.4 Å². The predicted molar refractivity (Wildman–Crippen MR) is 126 cm³/mol. The van der Waals surface area contributed by atoms with E-state index in [1.54, 1.807) is 0 Å². The summed E-state index contributed by atoms with van der Waals surface area (Å²) >= 11 is 0. The maximum absolute atomic E-state index is 10.3. The maximum atomic E-state index is 10.3. The molecule has 0 bridgehead atoms. The topological polar surface area (TPSA) is 20.2 Å². The highest BCUT2D eigenvalue weighted by atomic mass is 35.5. The first kappa shape index (κ1) is 23.9. The largest absolute Gasteiger partial charge is 0.393 e. The average molecular weight is 425 g/mol. The molecule has 9 atom stereocenters. The van der Waals surface area contributed by atoms with Gasteiger partial charge < -0.3 is 5.11 Å². The lowest BCUT2D eigenvalue weighted by Gasteiger charge is -2.61. The molecule has 2 heteroatoms. The third kappa shape index (κ3) is 4.18. The summed E-state index contributed by atoms with van der Waals surface area (Å²) in [6.45, 7) is 12.7. The third-order valence-electron chi connectivity index (χ3n) is 10.8. The number of aliphatic hydroxyl groups is 1. The second-order valence-electron chi connectivity index (χ2n) is 12.6. The summed E-state index contributed by atoms with van der Waals surface area (Å²) in [7, 11) is 0. The molecule has 0 aromatic carbocycles. The van der Waals surface area contributed by atoms with Crippen molar-refractivity contribution < 1.29 is 5.11 Å². The molecule has 0 amide bonds. The van der Waals surface area contributed by atoms with Gasteiger partial charge in [-0.2, -0.15) is 0 Å². The van der Waals surface area contributed by atoms with Gasteiger partial charge in [0.25, 0.3) is 0 Å². The van der Waals surface area contributed by atoms with E-state index in [1.165, 1.54) is 64.2 Å². The molecule has 0 saturated heterocycles. The van der Waals surface area contributed by atoms with Gasteiger partial charge in [-0.25, -0.2) is 0 Å². The third-order valence-corrected chi connectivity index (χ3v) is 10.8. The van der Waals surface area contributed by atoms with Crippen LogP contribution >= 0.6 is 12.4 Å². The number of fused-ring (bicyclic) bond motifs is 5. The Kier molecular flexibility index (Phi) is 7.43. The first-order valence-electron chi connectivity index (χ1n) is 12.9. The van der Waals surface area contributed by atoms with Crippen LogP contribution in [0.15, 0.2) is 0 Å². The van der Waals surface area contributed by atoms with E-state index in [2.05, 4.69) is 34.6 Å². The van der Waals surface area contributed by atoms with Gasteiger partial charge in [-0.3, -0.25) is 0 Å². The van der Waals surface area contributed by atoms with Crippen LogP contribution in [0.5, 0.6) is 0 Å². The van der Waals surface area contributed by atoms with Crippen LogP contribution in [0, 0.1) is 52.3 Å². The SMILES string of the molecule is CC(C)CCC[C@@H](C)[C@H]1CC[C@H]2[C@@H]3CCC4C[C@@H](O)CC[C@]4(C)[C@H]3CC[C@]12C.Cl. The van der Waals surface area contributed by atoms with Crippen molar-refractivity contribution in [2.45, 2.75) is 118 Å². The first-order chi connectivity index (χ1) is 13.3. The fourth-order valence-electron chi connectivity index (χ4n) is 9.26. The first-order valence-corrected chi connectivity index (χ1v) is 12.9. The molecule has 0 radical (unpaired) electrons. The van der Waals surface area contributed by atoms with Gasteiger partial charge in [0.15, 0.2) is 0 Å². The molecule has 4 fully saturated rings. The molecule has 29 heavy (non-hydrogen) atoms. The zero-order valence-electron chi connectivity index (χ0n) is 20.0. The van der Waals surface area contributed by atoms with E-state index in [0.717, 1.165) is 54.3 Å². The van der Waals surface area contributed by atoms with E-state index in [0.29, 0.717) is 10.8 Å². The van der Waals surface area contributed by atoms with Crippen molar-refractivity contribution in [3.05, 3.63) is 0 Å². The van der Waals surface area contributed by atoms with Gasteiger partial charge >= 0.3 is 0 Å². The van der Waals surface area contributed by atoms with E-state index in [9.17, 15) is 5.11 Å². The van der Waals surface area contributed by atoms with E-state index >= 15 is 0 Å². The maximum Gasteiger partial charge on any atom is 0.0543 e. The second-order valence-corrected chi connectivity index (χ2v) is 12.6. The number of hydrogen-bond acceptors (Lipinski definition) is 1. The molecule has 4 aliphatic rings. The van der Waals surface area contributed by atoms with Crippen molar-refractivity contribution in [3.8, 4) is 0 Å². The number of aliphatic hydroxyl groups excluding tert-OH is 1. The monoisotopic (exact) mass is 424 g/mol. The lowest BCUT2D eigenvalue weighted by Crippen LogP contribution is -2.54. The van der Waals surface area contributed by atoms with Gasteiger partial charge in [0, 0.05) is 0 Å². The zero-order chi connectivity index (χ0) is 20.1. The fourth-order valence-corrected chi connectivity index (χ4v) is 9.26. The summed E-state index contributed by atoms with van der Waals surface area (Å²) in [6, 6.07) is 0. The fraction of sp³-hybridized carbons (Fsp3) is 1.00. The van der Waals surface area contributed by atoms with Crippen LogP contribution in [-0.4, -0.2) is 11.2 Å². The minimum atomic E-state index is -0.00830. The molecule has 0 spiro atoms. The molecule has 1 nitrogen and oxygen atoms in total. The summed E-state index contributed by atoms with van der Waals surface area (Å²) in [5.41, 5.74) is 1.15. The molecule has 1 unspecified atom stereocenters. The Hall–Kier alpha value is 0.250. The van der Waals surface area contributed by atoms with Gasteiger partial charge in [0.05, 0.1) is 6.10 Å². The Morgan fingerprint density at radius 1 is 0.828 bits per heavy atom. The Labute approximate surface area is 187 Å². The molecule has 4 aliphatic carbocycles. The van der Waals surface area contributed by atoms with Crippen molar-refractivity contribution in [3.63, 3.8) is 0 Å². The van der Waals surface area contributed by atoms with Crippen LogP contribution in [-0.2, 0) is 0 Å². The molecule has 0 aromatic heterocycles. The lowest BCUT2D eigenvalue weighted by molar-refractivity contribution is -0.129. The number of halogens is 1. The van der Waals surface area contributed by atoms with Crippen LogP contribution in [0.3, 0.4) is 0 Å². The van der Waals surface area contributed by atoms with E-state index < -0.39 is 0 Å². The molecular weight excluding hydrogens is 376 g/mol. The highest BCUT2D eigenvalue weighted by molar-refractivity contribution is 5.85. The van der Waals surface area contributed by atoms with Crippen LogP contribution in [0.1, 0.15) is 112 Å². The molecule has 4 rings (SSSR count). The smallest absolute Gasteiger partial charge is 0.0543 e. The Balaban J connectivity index is 0.00000240. The van der Waals surface area contributed by atoms with Crippen LogP contribution < -0.4 is 0 Å². The molecular formula is C27H49ClO. The summed E-state index contributed by atoms with van der Waals surface area (Å²) in [6.07, 6.45) is 16.6. The standard InChI is InChI=1S/C27H48O.ClH/c1-18(2)7-6-8-19(3)23-11-12-24-22-10-9-20-17-21(28)13-15-26(20,4)25(22)14-16-27(23,24)5;/h18-25,28H,6-17H2,1-5H3;1H/t19-,20?,21+,22+,23-,24+,25+,26+,27-;/m1./s1. The summed E-state index contributed by atoms with van der Waals surface area (Å²) < 4.78 is 0. The van der Waals surface area contributed by atoms with Gasteiger partial charge in [0.2, 0.25) is 0 Å². The molecule has 170 valence electrons. The van der Waals surface area contributed by atoms with Crippen LogP contribution in [0.4, 0.5) is 0 Å². The van der Waals surface area contributed by atoms with Gasteiger partial charge in [-0.1, -0.05) is 53.9 Å². The molecule has 1 N–H and O–H groups in total. The number of rotatable bonds is 5. The van der Waals surface area contributed by atoms with Crippen molar-refractivity contribution in [1.82, 2.24) is 0 Å². The summed E-state index contributed by atoms with van der Waals surface area (Å²) in [5.74, 6) is 6.49. The van der Waals surface area contributed by atoms with Crippen molar-refractivity contribution in [2.75, 3.05) is 0 Å². The molecule has 0 aliphatic heterocycles. The van der Waals surface area contributed by atoms with E-state index in [-0.39, 0.29) is 18.5 Å². The Morgan fingerprint density at radius 2 is 1.52 bits per heavy atom. The molecule has 0 heterocycles. The lowest BCUT2D eigenvalue weighted by atomic mass is 9.44. The number of hydrogen-bond donors (Lipinski definition) is 1. The Bertz CT molecular complexity index is 547. The highest BCUT2D eigenvalue weighted by Crippen LogP contribution is 2.68. The summed E-state index contributed by atoms with van der Waals surface area (Å²) in [5, 5.41) is 10.3. The summed E-state index contributed by atoms with van der Waals surface area (Å²) in [4.78, 5) is 0. The van der Waals surface area contributed by atoms with Crippen LogP contribution in [0.2, 0.25) is 0 Å². The van der Waals surface area contributed by atoms with Crippen LogP contribution in [0.25, 0.3) is 0 Å². The van der Waals surface area contributed by atoms with Crippen molar-refractivity contribution in [2.24, 2.45) is 52.3 Å². The van der Waals surface area contributed by atoms with E-state index in [1.807, 2.05) is 0 Å². The second kappa shape index (κ2) is 9.01. The molecule has 0 aromatic rings. The minimum absolute atomic E-state index is 0. The van der Waals surface area contributed by atoms with Crippen molar-refractivity contribution in [1.29, 1.82) is 0 Å². The zero-order valence-corrected chi connectivity index (χ0v) is 20.8.